The molecule has 4 rings (SSSR count). The van der Waals surface area contributed by atoms with Gasteiger partial charge in [-0.3, -0.25) is 0 Å². The maximum atomic E-state index is 11.8. The zero-order chi connectivity index (χ0) is 22.0. The van der Waals surface area contributed by atoms with Crippen molar-refractivity contribution in [3.8, 4) is 5.75 Å². The number of aromatic hydroxyl groups is 1. The second kappa shape index (κ2) is 9.50. The molecule has 0 saturated carbocycles. The van der Waals surface area contributed by atoms with Crippen molar-refractivity contribution >= 4 is 5.97 Å². The molecular weight excluding hydrogens is 450 g/mol. The van der Waals surface area contributed by atoms with E-state index in [1.807, 2.05) is 38.1 Å². The number of carbonyl (C=O) groups is 1. The first-order valence-electron chi connectivity index (χ1n) is 10.2. The fraction of sp³-hybridized carbons (Fsp3) is 0.107. The molecule has 0 spiro atoms. The second-order valence-electron chi connectivity index (χ2n) is 7.89. The van der Waals surface area contributed by atoms with E-state index >= 15 is 0 Å². The number of carboxylic acids is 1. The van der Waals surface area contributed by atoms with Crippen LogP contribution < -0.4 is 0 Å². The van der Waals surface area contributed by atoms with E-state index in [-0.39, 0.29) is 30.8 Å². The van der Waals surface area contributed by atoms with Crippen LogP contribution in [0.4, 0.5) is 0 Å². The van der Waals surface area contributed by atoms with Crippen molar-refractivity contribution in [2.75, 3.05) is 0 Å². The van der Waals surface area contributed by atoms with Crippen molar-refractivity contribution in [1.82, 2.24) is 0 Å². The Bertz CT molecular complexity index is 1170. The molecule has 0 heterocycles. The van der Waals surface area contributed by atoms with Gasteiger partial charge < -0.3 is 10.2 Å². The maximum absolute atomic E-state index is 11.8. The predicted octanol–water partition coefficient (Wildman–Crippen LogP) is 6.09. The van der Waals surface area contributed by atoms with Crippen LogP contribution in [-0.4, -0.2) is 16.2 Å². The van der Waals surface area contributed by atoms with Gasteiger partial charge in [0.2, 0.25) is 0 Å². The van der Waals surface area contributed by atoms with Crippen molar-refractivity contribution in [2.24, 2.45) is 0 Å². The maximum Gasteiger partial charge on any atom is 0.339 e. The molecule has 0 saturated heterocycles. The number of rotatable bonds is 5. The number of aryl methyl sites for hydroxylation is 2. The van der Waals surface area contributed by atoms with Crippen LogP contribution in [0.3, 0.4) is 0 Å². The molecule has 0 radical (unpaired) electrons. The Morgan fingerprint density at radius 3 is 1.56 bits per heavy atom. The Morgan fingerprint density at radius 1 is 0.656 bits per heavy atom. The summed E-state index contributed by atoms with van der Waals surface area (Å²) in [6.45, 7) is 4.09. The molecule has 4 aromatic carbocycles. The molecule has 0 amide bonds. The van der Waals surface area contributed by atoms with Gasteiger partial charge in [0.25, 0.3) is 0 Å². The van der Waals surface area contributed by atoms with Crippen LogP contribution in [0.15, 0.2) is 97.1 Å². The summed E-state index contributed by atoms with van der Waals surface area (Å²) < 4.78 is 0. The van der Waals surface area contributed by atoms with Crippen molar-refractivity contribution in [3.05, 3.63) is 136 Å². The summed E-state index contributed by atoms with van der Waals surface area (Å²) in [5.41, 5.74) is 5.27. The summed E-state index contributed by atoms with van der Waals surface area (Å²) >= 11 is 0. The zero-order valence-electron chi connectivity index (χ0n) is 18.2. The number of aromatic carboxylic acids is 1. The Hall–Kier alpha value is -3.23. The topological polar surface area (TPSA) is 57.5 Å². The van der Waals surface area contributed by atoms with Crippen LogP contribution >= 0.6 is 0 Å². The van der Waals surface area contributed by atoms with Crippen LogP contribution in [0.5, 0.6) is 5.75 Å². The van der Waals surface area contributed by atoms with Crippen LogP contribution in [-0.2, 0) is 24.9 Å². The molecule has 0 bridgehead atoms. The van der Waals surface area contributed by atoms with Crippen molar-refractivity contribution in [2.45, 2.75) is 19.3 Å². The predicted molar refractivity (Wildman–Crippen MR) is 123 cm³/mol. The van der Waals surface area contributed by atoms with Gasteiger partial charge in [-0.2, -0.15) is 0 Å². The monoisotopic (exact) mass is 472 g/mol. The Kier molecular flexibility index (Phi) is 6.96. The fourth-order valence-corrected chi connectivity index (χ4v) is 4.24. The van der Waals surface area contributed by atoms with Gasteiger partial charge in [-0.1, -0.05) is 96.1 Å². The molecule has 4 heteroatoms. The van der Waals surface area contributed by atoms with Crippen molar-refractivity contribution in [3.63, 3.8) is 0 Å². The number of phenols is 1. The minimum atomic E-state index is -1.16. The van der Waals surface area contributed by atoms with Gasteiger partial charge in [0.1, 0.15) is 11.3 Å². The average molecular weight is 474 g/mol. The summed E-state index contributed by atoms with van der Waals surface area (Å²) in [6, 6.07) is 31.6. The molecule has 0 aromatic heterocycles. The molecule has 0 fully saturated rings. The van der Waals surface area contributed by atoms with Crippen LogP contribution in [0.1, 0.15) is 43.7 Å². The Morgan fingerprint density at radius 2 is 1.09 bits per heavy atom. The smallest absolute Gasteiger partial charge is 0.339 e. The molecule has 3 nitrogen and oxygen atoms in total. The van der Waals surface area contributed by atoms with E-state index < -0.39 is 11.4 Å². The third-order valence-electron chi connectivity index (χ3n) is 5.84. The van der Waals surface area contributed by atoms with E-state index in [1.165, 1.54) is 6.07 Å². The summed E-state index contributed by atoms with van der Waals surface area (Å²) in [5, 5.41) is 19.9. The SMILES string of the molecule is Cc1ccc(C(c2ccccc2)(c2ccc(C)cc2)c2ccc(O)c(C(=O)O)c2)cc1.[Zn]. The Labute approximate surface area is 201 Å². The van der Waals surface area contributed by atoms with E-state index in [4.69, 9.17) is 0 Å². The fourth-order valence-electron chi connectivity index (χ4n) is 4.24. The van der Waals surface area contributed by atoms with Gasteiger partial charge in [-0.15, -0.1) is 0 Å². The molecule has 32 heavy (non-hydrogen) atoms. The normalized spacial score (nSPS) is 10.9. The molecule has 156 valence electrons. The van der Waals surface area contributed by atoms with Gasteiger partial charge in [-0.05, 0) is 48.2 Å². The molecule has 4 aromatic rings. The summed E-state index contributed by atoms with van der Waals surface area (Å²) in [5.74, 6) is -1.40. The summed E-state index contributed by atoms with van der Waals surface area (Å²) in [6.07, 6.45) is 0. The third-order valence-corrected chi connectivity index (χ3v) is 5.84. The van der Waals surface area contributed by atoms with E-state index in [1.54, 1.807) is 6.07 Å². The first kappa shape index (κ1) is 23.4. The second-order valence-corrected chi connectivity index (χ2v) is 7.89. The molecule has 2 N–H and O–H groups in total. The molecular formula is C28H24O3Zn. The number of hydrogen-bond acceptors (Lipinski definition) is 2. The Balaban J connectivity index is 0.00000289. The summed E-state index contributed by atoms with van der Waals surface area (Å²) in [4.78, 5) is 11.8. The quantitative estimate of drug-likeness (QED) is 0.272. The number of hydrogen-bond donors (Lipinski definition) is 2. The largest absolute Gasteiger partial charge is 0.507 e. The number of benzene rings is 4. The van der Waals surface area contributed by atoms with E-state index in [9.17, 15) is 15.0 Å². The number of carboxylic acid groups (broad SMARTS) is 1. The molecule has 0 aliphatic carbocycles. The third kappa shape index (κ3) is 4.11. The molecule has 0 atom stereocenters. The average Bonchev–Trinajstić information content (AvgIpc) is 2.78. The van der Waals surface area contributed by atoms with Gasteiger partial charge in [-0.25, -0.2) is 4.79 Å². The van der Waals surface area contributed by atoms with Gasteiger partial charge >= 0.3 is 5.97 Å². The first-order valence-corrected chi connectivity index (χ1v) is 10.2. The molecule has 0 aliphatic heterocycles. The molecule has 0 aliphatic rings. The van der Waals surface area contributed by atoms with Crippen LogP contribution in [0.2, 0.25) is 0 Å². The van der Waals surface area contributed by atoms with Crippen LogP contribution in [0, 0.1) is 13.8 Å². The molecule has 0 unspecified atom stereocenters. The van der Waals surface area contributed by atoms with Crippen molar-refractivity contribution in [1.29, 1.82) is 0 Å². The van der Waals surface area contributed by atoms with Gasteiger partial charge in [0.05, 0.1) is 5.41 Å². The minimum absolute atomic E-state index is 0. The van der Waals surface area contributed by atoms with E-state index in [0.29, 0.717) is 0 Å². The standard InChI is InChI=1S/C28H24O3.Zn/c1-19-8-12-22(13-9-19)28(21-6-4-3-5-7-21,23-14-10-20(2)11-15-23)24-16-17-26(29)25(18-24)27(30)31;/h3-18,29H,1-2H3,(H,30,31);. The van der Waals surface area contributed by atoms with E-state index in [0.717, 1.165) is 33.4 Å². The van der Waals surface area contributed by atoms with E-state index in [2.05, 4.69) is 60.7 Å². The van der Waals surface area contributed by atoms with Crippen molar-refractivity contribution < 1.29 is 34.5 Å². The zero-order valence-corrected chi connectivity index (χ0v) is 21.2. The van der Waals surface area contributed by atoms with Crippen LogP contribution in [0.25, 0.3) is 0 Å². The van der Waals surface area contributed by atoms with Gasteiger partial charge in [0.15, 0.2) is 0 Å². The van der Waals surface area contributed by atoms with Gasteiger partial charge in [0, 0.05) is 19.5 Å². The minimum Gasteiger partial charge on any atom is -0.507 e. The summed E-state index contributed by atoms with van der Waals surface area (Å²) in [7, 11) is 0. The first-order chi connectivity index (χ1) is 14.9.